The minimum Gasteiger partial charge on any atom is -0.308 e. The molecule has 2 heteroatoms. The van der Waals surface area contributed by atoms with E-state index in [0.29, 0.717) is 11.3 Å². The fourth-order valence-electron chi connectivity index (χ4n) is 1.49. The summed E-state index contributed by atoms with van der Waals surface area (Å²) in [6.45, 7) is 1.15. The van der Waals surface area contributed by atoms with Crippen molar-refractivity contribution in [3.63, 3.8) is 0 Å². The van der Waals surface area contributed by atoms with E-state index < -0.39 is 0 Å². The molecule has 1 aliphatic carbocycles. The topological polar surface area (TPSA) is 39.0 Å². The van der Waals surface area contributed by atoms with Crippen molar-refractivity contribution in [1.82, 2.24) is 5.32 Å². The van der Waals surface area contributed by atoms with Crippen molar-refractivity contribution in [2.45, 2.75) is 31.2 Å². The molecule has 1 saturated heterocycles. The Labute approximate surface area is 54.6 Å². The van der Waals surface area contributed by atoms with Crippen molar-refractivity contribution in [2.75, 3.05) is 6.54 Å². The third kappa shape index (κ3) is 0.874. The minimum atomic E-state index is 0.438. The average molecular weight is 125 g/mol. The van der Waals surface area contributed by atoms with Gasteiger partial charge in [-0.25, -0.2) is 0 Å². The molecule has 0 unspecified atom stereocenters. The summed E-state index contributed by atoms with van der Waals surface area (Å²) in [5.41, 5.74) is 0.438. The van der Waals surface area contributed by atoms with Crippen molar-refractivity contribution < 1.29 is 4.79 Å². The SMILES string of the molecule is O=C1CCC2(CC1)CN2. The van der Waals surface area contributed by atoms with Crippen LogP contribution in [0.25, 0.3) is 0 Å². The number of hydrogen-bond donors (Lipinski definition) is 1. The lowest BCUT2D eigenvalue weighted by Gasteiger charge is -2.17. The van der Waals surface area contributed by atoms with E-state index in [1.165, 1.54) is 0 Å². The molecule has 0 amide bonds. The Kier molecular flexibility index (Phi) is 0.943. The summed E-state index contributed by atoms with van der Waals surface area (Å²) in [4.78, 5) is 10.8. The molecular weight excluding hydrogens is 114 g/mol. The first-order valence-electron chi connectivity index (χ1n) is 3.58. The van der Waals surface area contributed by atoms with E-state index in [0.717, 1.165) is 32.2 Å². The summed E-state index contributed by atoms with van der Waals surface area (Å²) in [5, 5.41) is 3.32. The monoisotopic (exact) mass is 125 g/mol. The highest BCUT2D eigenvalue weighted by Crippen LogP contribution is 2.33. The molecule has 2 rings (SSSR count). The van der Waals surface area contributed by atoms with E-state index >= 15 is 0 Å². The smallest absolute Gasteiger partial charge is 0.133 e. The van der Waals surface area contributed by atoms with E-state index in [9.17, 15) is 4.79 Å². The van der Waals surface area contributed by atoms with Crippen molar-refractivity contribution in [1.29, 1.82) is 0 Å². The van der Waals surface area contributed by atoms with Gasteiger partial charge in [-0.3, -0.25) is 4.79 Å². The Bertz CT molecular complexity index is 137. The second-order valence-electron chi connectivity index (χ2n) is 3.17. The Hall–Kier alpha value is -0.370. The second-order valence-corrected chi connectivity index (χ2v) is 3.17. The van der Waals surface area contributed by atoms with Gasteiger partial charge in [0.25, 0.3) is 0 Å². The van der Waals surface area contributed by atoms with Crippen LogP contribution in [-0.2, 0) is 4.79 Å². The number of rotatable bonds is 0. The van der Waals surface area contributed by atoms with Gasteiger partial charge in [-0.05, 0) is 12.8 Å². The number of nitrogens with one attached hydrogen (secondary N) is 1. The molecule has 1 spiro atoms. The summed E-state index contributed by atoms with van der Waals surface area (Å²) >= 11 is 0. The van der Waals surface area contributed by atoms with Crippen LogP contribution in [0, 0.1) is 0 Å². The van der Waals surface area contributed by atoms with Gasteiger partial charge >= 0.3 is 0 Å². The van der Waals surface area contributed by atoms with Gasteiger partial charge in [0, 0.05) is 24.9 Å². The van der Waals surface area contributed by atoms with E-state index in [1.54, 1.807) is 0 Å². The van der Waals surface area contributed by atoms with Gasteiger partial charge in [-0.15, -0.1) is 0 Å². The molecular formula is C7H11NO. The molecule has 0 radical (unpaired) electrons. The second kappa shape index (κ2) is 1.57. The van der Waals surface area contributed by atoms with E-state index in [2.05, 4.69) is 5.32 Å². The average Bonchev–Trinajstić information content (AvgIpc) is 2.60. The molecule has 2 nitrogen and oxygen atoms in total. The standard InChI is InChI=1S/C7H11NO/c9-6-1-3-7(4-2-6)5-8-7/h8H,1-5H2. The van der Waals surface area contributed by atoms with Crippen molar-refractivity contribution in [3.05, 3.63) is 0 Å². The summed E-state index contributed by atoms with van der Waals surface area (Å²) in [5.74, 6) is 0.453. The third-order valence-electron chi connectivity index (χ3n) is 2.44. The quantitative estimate of drug-likeness (QED) is 0.478. The van der Waals surface area contributed by atoms with Crippen LogP contribution in [0.4, 0.5) is 0 Å². The molecule has 1 N–H and O–H groups in total. The van der Waals surface area contributed by atoms with Gasteiger partial charge in [0.05, 0.1) is 0 Å². The Morgan fingerprint density at radius 1 is 1.33 bits per heavy atom. The van der Waals surface area contributed by atoms with Gasteiger partial charge in [-0.2, -0.15) is 0 Å². The lowest BCUT2D eigenvalue weighted by Crippen LogP contribution is -2.23. The molecule has 0 atom stereocenters. The fraction of sp³-hybridized carbons (Fsp3) is 0.857. The zero-order chi connectivity index (χ0) is 6.32. The maximum atomic E-state index is 10.8. The summed E-state index contributed by atoms with van der Waals surface area (Å²) in [7, 11) is 0. The molecule has 50 valence electrons. The van der Waals surface area contributed by atoms with Gasteiger partial charge < -0.3 is 5.32 Å². The molecule has 0 bridgehead atoms. The summed E-state index contributed by atoms with van der Waals surface area (Å²) < 4.78 is 0. The largest absolute Gasteiger partial charge is 0.308 e. The van der Waals surface area contributed by atoms with Crippen LogP contribution < -0.4 is 5.32 Å². The first-order chi connectivity index (χ1) is 4.31. The van der Waals surface area contributed by atoms with Crippen molar-refractivity contribution in [2.24, 2.45) is 0 Å². The van der Waals surface area contributed by atoms with Crippen LogP contribution >= 0.6 is 0 Å². The summed E-state index contributed by atoms with van der Waals surface area (Å²) in [6, 6.07) is 0. The highest BCUT2D eigenvalue weighted by atomic mass is 16.1. The molecule has 1 aliphatic heterocycles. The van der Waals surface area contributed by atoms with Crippen LogP contribution in [-0.4, -0.2) is 17.9 Å². The number of hydrogen-bond acceptors (Lipinski definition) is 2. The lowest BCUT2D eigenvalue weighted by atomic mass is 9.88. The first kappa shape index (κ1) is 5.42. The maximum Gasteiger partial charge on any atom is 0.133 e. The number of ketones is 1. The first-order valence-corrected chi connectivity index (χ1v) is 3.58. The van der Waals surface area contributed by atoms with Gasteiger partial charge in [0.2, 0.25) is 0 Å². The number of carbonyl (C=O) groups is 1. The van der Waals surface area contributed by atoms with Crippen LogP contribution in [0.3, 0.4) is 0 Å². The van der Waals surface area contributed by atoms with Crippen molar-refractivity contribution in [3.8, 4) is 0 Å². The van der Waals surface area contributed by atoms with Crippen LogP contribution in [0.2, 0.25) is 0 Å². The number of carbonyl (C=O) groups excluding carboxylic acids is 1. The molecule has 2 fully saturated rings. The van der Waals surface area contributed by atoms with Gasteiger partial charge in [0.15, 0.2) is 0 Å². The zero-order valence-electron chi connectivity index (χ0n) is 5.44. The summed E-state index contributed by atoms with van der Waals surface area (Å²) in [6.07, 6.45) is 3.80. The highest BCUT2D eigenvalue weighted by molar-refractivity contribution is 5.79. The van der Waals surface area contributed by atoms with Crippen molar-refractivity contribution >= 4 is 5.78 Å². The molecule has 0 aromatic carbocycles. The van der Waals surface area contributed by atoms with Gasteiger partial charge in [-0.1, -0.05) is 0 Å². The van der Waals surface area contributed by atoms with Crippen LogP contribution in [0.15, 0.2) is 0 Å². The predicted octanol–water partition coefficient (Wildman–Crippen LogP) is 0.471. The molecule has 2 aliphatic rings. The fourth-order valence-corrected chi connectivity index (χ4v) is 1.49. The van der Waals surface area contributed by atoms with Crippen LogP contribution in [0.5, 0.6) is 0 Å². The molecule has 1 saturated carbocycles. The van der Waals surface area contributed by atoms with E-state index in [1.807, 2.05) is 0 Å². The normalized spacial score (nSPS) is 30.9. The lowest BCUT2D eigenvalue weighted by molar-refractivity contribution is -0.120. The van der Waals surface area contributed by atoms with Gasteiger partial charge in [0.1, 0.15) is 5.78 Å². The Morgan fingerprint density at radius 2 is 1.89 bits per heavy atom. The Morgan fingerprint density at radius 3 is 2.33 bits per heavy atom. The molecule has 9 heavy (non-hydrogen) atoms. The third-order valence-corrected chi connectivity index (χ3v) is 2.44. The molecule has 0 aromatic rings. The zero-order valence-corrected chi connectivity index (χ0v) is 5.44. The minimum absolute atomic E-state index is 0.438. The Balaban J connectivity index is 1.98. The highest BCUT2D eigenvalue weighted by Gasteiger charge is 2.43. The van der Waals surface area contributed by atoms with Crippen LogP contribution in [0.1, 0.15) is 25.7 Å². The van der Waals surface area contributed by atoms with E-state index in [4.69, 9.17) is 0 Å². The number of Topliss-reactive ketones (excluding diaryl/α,β-unsaturated/α-hetero) is 1. The van der Waals surface area contributed by atoms with E-state index in [-0.39, 0.29) is 0 Å². The molecule has 0 aromatic heterocycles. The maximum absolute atomic E-state index is 10.8. The predicted molar refractivity (Wildman–Crippen MR) is 34.2 cm³/mol. The molecule has 1 heterocycles.